The van der Waals surface area contributed by atoms with Gasteiger partial charge in [-0.2, -0.15) is 4.98 Å². The molecule has 1 N–H and O–H groups in total. The van der Waals surface area contributed by atoms with Crippen LogP contribution in [0.3, 0.4) is 0 Å². The molecule has 0 amide bonds. The highest BCUT2D eigenvalue weighted by atomic mass is 35.5. The van der Waals surface area contributed by atoms with Gasteiger partial charge in [-0.3, -0.25) is 4.57 Å². The predicted octanol–water partition coefficient (Wildman–Crippen LogP) is 3.19. The lowest BCUT2D eigenvalue weighted by molar-refractivity contribution is 0.328. The molecule has 1 aromatic carbocycles. The van der Waals surface area contributed by atoms with Gasteiger partial charge in [0.25, 0.3) is 0 Å². The Morgan fingerprint density at radius 3 is 2.63 bits per heavy atom. The van der Waals surface area contributed by atoms with E-state index in [4.69, 9.17) is 16.0 Å². The Morgan fingerprint density at radius 1 is 1.26 bits per heavy atom. The van der Waals surface area contributed by atoms with Crippen LogP contribution in [0.5, 0.6) is 5.95 Å². The molecule has 0 saturated carbocycles. The smallest absolute Gasteiger partial charge is 0.312 e. The van der Waals surface area contributed by atoms with E-state index in [2.05, 4.69) is 9.97 Å². The first-order valence-corrected chi connectivity index (χ1v) is 5.99. The Kier molecular flexibility index (Phi) is 2.76. The van der Waals surface area contributed by atoms with Crippen LogP contribution in [0.4, 0.5) is 0 Å². The first-order valence-electron chi connectivity index (χ1n) is 5.61. The lowest BCUT2D eigenvalue weighted by Crippen LogP contribution is -1.95. The van der Waals surface area contributed by atoms with Crippen LogP contribution < -0.4 is 0 Å². The number of halogens is 1. The maximum atomic E-state index is 9.85. The molecule has 19 heavy (non-hydrogen) atoms. The van der Waals surface area contributed by atoms with Crippen molar-refractivity contribution >= 4 is 11.6 Å². The fraction of sp³-hybridized carbons (Fsp3) is 0.0769. The molecule has 3 rings (SSSR count). The second-order valence-electron chi connectivity index (χ2n) is 4.00. The van der Waals surface area contributed by atoms with Crippen LogP contribution in [-0.2, 0) is 0 Å². The summed E-state index contributed by atoms with van der Waals surface area (Å²) in [7, 11) is 0. The van der Waals surface area contributed by atoms with Crippen LogP contribution in [-0.4, -0.2) is 19.6 Å². The van der Waals surface area contributed by atoms with E-state index in [1.54, 1.807) is 41.2 Å². The summed E-state index contributed by atoms with van der Waals surface area (Å²) in [4.78, 5) is 8.36. The zero-order valence-electron chi connectivity index (χ0n) is 10.0. The zero-order valence-corrected chi connectivity index (χ0v) is 10.8. The highest BCUT2D eigenvalue weighted by molar-refractivity contribution is 6.30. The molecule has 3 aromatic rings. The Balaban J connectivity index is 2.07. The summed E-state index contributed by atoms with van der Waals surface area (Å²) in [6.07, 6.45) is 3.35. The molecule has 6 heteroatoms. The third kappa shape index (κ3) is 2.08. The normalized spacial score (nSPS) is 10.8. The van der Waals surface area contributed by atoms with Crippen molar-refractivity contribution in [1.82, 2.24) is 14.5 Å². The summed E-state index contributed by atoms with van der Waals surface area (Å²) in [5.41, 5.74) is 1.11. The molecule has 0 fully saturated rings. The molecule has 2 heterocycles. The SMILES string of the molecule is Cc1nccn1-c1nc(-c2ccc(Cl)cc2)c(O)o1. The molecular formula is C13H10ClN3O2. The van der Waals surface area contributed by atoms with Gasteiger partial charge < -0.3 is 9.52 Å². The number of aromatic hydroxyl groups is 1. The van der Waals surface area contributed by atoms with Crippen LogP contribution in [0.2, 0.25) is 5.02 Å². The molecule has 0 unspecified atom stereocenters. The van der Waals surface area contributed by atoms with E-state index in [0.29, 0.717) is 10.7 Å². The largest absolute Gasteiger partial charge is 0.479 e. The summed E-state index contributed by atoms with van der Waals surface area (Å²) < 4.78 is 6.91. The van der Waals surface area contributed by atoms with Gasteiger partial charge in [0.2, 0.25) is 0 Å². The zero-order chi connectivity index (χ0) is 13.4. The summed E-state index contributed by atoms with van der Waals surface area (Å²) in [5, 5.41) is 10.5. The van der Waals surface area contributed by atoms with Gasteiger partial charge in [-0.05, 0) is 19.1 Å². The van der Waals surface area contributed by atoms with E-state index in [1.807, 2.05) is 6.92 Å². The number of nitrogens with zero attached hydrogens (tertiary/aromatic N) is 3. The van der Waals surface area contributed by atoms with E-state index >= 15 is 0 Å². The highest BCUT2D eigenvalue weighted by Crippen LogP contribution is 2.31. The van der Waals surface area contributed by atoms with Crippen LogP contribution in [0.15, 0.2) is 41.1 Å². The topological polar surface area (TPSA) is 64.1 Å². The Hall–Kier alpha value is -2.27. The third-order valence-electron chi connectivity index (χ3n) is 2.75. The number of aromatic nitrogens is 3. The van der Waals surface area contributed by atoms with Crippen molar-refractivity contribution in [2.75, 3.05) is 0 Å². The third-order valence-corrected chi connectivity index (χ3v) is 3.00. The molecule has 0 saturated heterocycles. The van der Waals surface area contributed by atoms with Gasteiger partial charge in [0, 0.05) is 23.0 Å². The molecule has 0 aliphatic rings. The molecule has 0 spiro atoms. The average Bonchev–Trinajstić information content (AvgIpc) is 2.96. The first-order chi connectivity index (χ1) is 9.15. The summed E-state index contributed by atoms with van der Waals surface area (Å²) in [6, 6.07) is 7.27. The van der Waals surface area contributed by atoms with Gasteiger partial charge >= 0.3 is 12.0 Å². The van der Waals surface area contributed by atoms with Gasteiger partial charge in [-0.1, -0.05) is 23.7 Å². The second-order valence-corrected chi connectivity index (χ2v) is 4.44. The average molecular weight is 276 g/mol. The summed E-state index contributed by atoms with van der Waals surface area (Å²) in [6.45, 7) is 1.82. The van der Waals surface area contributed by atoms with E-state index in [9.17, 15) is 5.11 Å². The highest BCUT2D eigenvalue weighted by Gasteiger charge is 2.16. The molecule has 0 aliphatic carbocycles. The van der Waals surface area contributed by atoms with Gasteiger partial charge in [0.05, 0.1) is 0 Å². The number of oxazole rings is 1. The van der Waals surface area contributed by atoms with Crippen molar-refractivity contribution in [2.24, 2.45) is 0 Å². The number of rotatable bonds is 2. The monoisotopic (exact) mass is 275 g/mol. The van der Waals surface area contributed by atoms with Gasteiger partial charge in [-0.25, -0.2) is 4.98 Å². The molecular weight excluding hydrogens is 266 g/mol. The van der Waals surface area contributed by atoms with Crippen molar-refractivity contribution in [1.29, 1.82) is 0 Å². The van der Waals surface area contributed by atoms with Gasteiger partial charge in [0.1, 0.15) is 5.82 Å². The fourth-order valence-corrected chi connectivity index (χ4v) is 1.91. The minimum Gasteiger partial charge on any atom is -0.479 e. The molecule has 0 aliphatic heterocycles. The van der Waals surface area contributed by atoms with E-state index in [0.717, 1.165) is 11.4 Å². The molecule has 2 aromatic heterocycles. The molecule has 0 bridgehead atoms. The van der Waals surface area contributed by atoms with Crippen LogP contribution in [0.25, 0.3) is 17.3 Å². The minimum atomic E-state index is -0.231. The number of hydrogen-bond donors (Lipinski definition) is 1. The van der Waals surface area contributed by atoms with Crippen LogP contribution in [0, 0.1) is 6.92 Å². The van der Waals surface area contributed by atoms with Crippen LogP contribution >= 0.6 is 11.6 Å². The summed E-state index contributed by atoms with van der Waals surface area (Å²) >= 11 is 5.83. The van der Waals surface area contributed by atoms with E-state index in [-0.39, 0.29) is 12.0 Å². The molecule has 96 valence electrons. The molecule has 0 atom stereocenters. The Morgan fingerprint density at radius 2 is 2.00 bits per heavy atom. The second kappa shape index (κ2) is 4.44. The number of benzene rings is 1. The lowest BCUT2D eigenvalue weighted by Gasteiger charge is -1.96. The minimum absolute atomic E-state index is 0.231. The fourth-order valence-electron chi connectivity index (χ4n) is 1.78. The Bertz CT molecular complexity index is 716. The first kappa shape index (κ1) is 11.8. The van der Waals surface area contributed by atoms with Crippen molar-refractivity contribution in [3.8, 4) is 23.2 Å². The van der Waals surface area contributed by atoms with Gasteiger partial charge in [0.15, 0.2) is 5.69 Å². The van der Waals surface area contributed by atoms with Gasteiger partial charge in [-0.15, -0.1) is 0 Å². The van der Waals surface area contributed by atoms with E-state index in [1.165, 1.54) is 0 Å². The molecule has 0 radical (unpaired) electrons. The number of hydrogen-bond acceptors (Lipinski definition) is 4. The summed E-state index contributed by atoms with van der Waals surface area (Å²) in [5.74, 6) is 0.495. The van der Waals surface area contributed by atoms with Crippen LogP contribution in [0.1, 0.15) is 5.82 Å². The quantitative estimate of drug-likeness (QED) is 0.780. The van der Waals surface area contributed by atoms with Crippen molar-refractivity contribution in [3.63, 3.8) is 0 Å². The maximum absolute atomic E-state index is 9.85. The number of imidazole rings is 1. The van der Waals surface area contributed by atoms with Crippen molar-refractivity contribution in [2.45, 2.75) is 6.92 Å². The lowest BCUT2D eigenvalue weighted by atomic mass is 10.2. The predicted molar refractivity (Wildman–Crippen MR) is 70.5 cm³/mol. The number of aryl methyl sites for hydroxylation is 1. The van der Waals surface area contributed by atoms with E-state index < -0.39 is 0 Å². The Labute approximate surface area is 114 Å². The maximum Gasteiger partial charge on any atom is 0.312 e. The molecule has 5 nitrogen and oxygen atoms in total. The van der Waals surface area contributed by atoms with Crippen molar-refractivity contribution in [3.05, 3.63) is 47.5 Å². The van der Waals surface area contributed by atoms with Crippen molar-refractivity contribution < 1.29 is 9.52 Å². The standard InChI is InChI=1S/C13H10ClN3O2/c1-8-15-6-7-17(8)13-16-11(12(18)19-13)9-2-4-10(14)5-3-9/h2-7,18H,1H3.